The van der Waals surface area contributed by atoms with E-state index >= 15 is 0 Å². The summed E-state index contributed by atoms with van der Waals surface area (Å²) in [6, 6.07) is 0.0755. The van der Waals surface area contributed by atoms with Crippen molar-refractivity contribution < 1.29 is 4.74 Å². The monoisotopic (exact) mass is 259 g/mol. The number of methoxy groups -OCH3 is 1. The van der Waals surface area contributed by atoms with Crippen molar-refractivity contribution in [3.63, 3.8) is 0 Å². The lowest BCUT2D eigenvalue weighted by molar-refractivity contribution is 0.0805. The van der Waals surface area contributed by atoms with Crippen LogP contribution in [-0.2, 0) is 11.3 Å². The zero-order chi connectivity index (χ0) is 12.8. The highest BCUT2D eigenvalue weighted by atomic mass is 35.5. The molecule has 0 radical (unpaired) electrons. The van der Waals surface area contributed by atoms with Crippen molar-refractivity contribution in [3.8, 4) is 0 Å². The predicted octanol–water partition coefficient (Wildman–Crippen LogP) is 2.63. The molecule has 0 aromatic carbocycles. The first-order valence-corrected chi connectivity index (χ1v) is 6.50. The van der Waals surface area contributed by atoms with E-state index in [0.29, 0.717) is 5.02 Å². The van der Waals surface area contributed by atoms with Crippen molar-refractivity contribution in [2.45, 2.75) is 45.9 Å². The van der Waals surface area contributed by atoms with Gasteiger partial charge in [-0.2, -0.15) is 5.10 Å². The molecule has 0 spiro atoms. The molecule has 0 aliphatic rings. The topological polar surface area (TPSA) is 39.1 Å². The van der Waals surface area contributed by atoms with Crippen LogP contribution in [0.5, 0.6) is 0 Å². The van der Waals surface area contributed by atoms with Crippen LogP contribution in [0.25, 0.3) is 0 Å². The predicted molar refractivity (Wildman–Crippen MR) is 70.4 cm³/mol. The smallest absolute Gasteiger partial charge is 0.0835 e. The normalized spacial score (nSPS) is 14.9. The molecular formula is C12H22ClN3O. The molecule has 1 aromatic rings. The average molecular weight is 260 g/mol. The van der Waals surface area contributed by atoms with Crippen molar-refractivity contribution in [3.05, 3.63) is 16.9 Å². The lowest BCUT2D eigenvalue weighted by Crippen LogP contribution is -2.33. The largest absolute Gasteiger partial charge is 0.380 e. The van der Waals surface area contributed by atoms with Crippen molar-refractivity contribution >= 4 is 11.6 Å². The van der Waals surface area contributed by atoms with Crippen LogP contribution >= 0.6 is 11.6 Å². The van der Waals surface area contributed by atoms with E-state index in [2.05, 4.69) is 24.3 Å². The summed E-state index contributed by atoms with van der Waals surface area (Å²) in [6.45, 7) is 7.98. The Balaban J connectivity index is 3.02. The fourth-order valence-electron chi connectivity index (χ4n) is 1.91. The molecule has 1 N–H and O–H groups in total. The number of nitrogens with one attached hydrogen (secondary N) is 1. The average Bonchev–Trinajstić information content (AvgIpc) is 2.67. The third kappa shape index (κ3) is 3.44. The molecule has 4 nitrogen and oxygen atoms in total. The zero-order valence-electron chi connectivity index (χ0n) is 11.0. The van der Waals surface area contributed by atoms with Gasteiger partial charge < -0.3 is 10.1 Å². The number of aromatic nitrogens is 2. The van der Waals surface area contributed by atoms with Gasteiger partial charge in [-0.15, -0.1) is 0 Å². The second kappa shape index (κ2) is 6.99. The Hall–Kier alpha value is -0.580. The lowest BCUT2D eigenvalue weighted by Gasteiger charge is -2.25. The highest BCUT2D eigenvalue weighted by Gasteiger charge is 2.24. The minimum absolute atomic E-state index is 0.0553. The van der Waals surface area contributed by atoms with E-state index in [1.54, 1.807) is 13.3 Å². The van der Waals surface area contributed by atoms with E-state index in [-0.39, 0.29) is 12.1 Å². The summed E-state index contributed by atoms with van der Waals surface area (Å²) in [4.78, 5) is 0. The summed E-state index contributed by atoms with van der Waals surface area (Å²) in [7, 11) is 1.71. The van der Waals surface area contributed by atoms with Gasteiger partial charge in [0.15, 0.2) is 0 Å². The van der Waals surface area contributed by atoms with Crippen LogP contribution in [0.15, 0.2) is 6.20 Å². The number of likely N-dealkylation sites (N-methyl/N-ethyl adjacent to an activating group) is 1. The van der Waals surface area contributed by atoms with E-state index in [1.807, 2.05) is 11.6 Å². The maximum Gasteiger partial charge on any atom is 0.0835 e. The number of nitrogens with zero attached hydrogens (tertiary/aromatic N) is 2. The first kappa shape index (κ1) is 14.5. The van der Waals surface area contributed by atoms with Gasteiger partial charge in [-0.05, 0) is 19.9 Å². The Labute approximate surface area is 108 Å². The number of halogens is 1. The first-order chi connectivity index (χ1) is 8.15. The number of ether oxygens (including phenoxy) is 1. The molecule has 0 aliphatic carbocycles. The van der Waals surface area contributed by atoms with E-state index in [4.69, 9.17) is 16.3 Å². The van der Waals surface area contributed by atoms with Crippen LogP contribution < -0.4 is 5.32 Å². The first-order valence-electron chi connectivity index (χ1n) is 6.13. The Morgan fingerprint density at radius 3 is 2.76 bits per heavy atom. The van der Waals surface area contributed by atoms with Crippen molar-refractivity contribution in [2.75, 3.05) is 13.7 Å². The van der Waals surface area contributed by atoms with Crippen LogP contribution in [0.3, 0.4) is 0 Å². The summed E-state index contributed by atoms with van der Waals surface area (Å²) < 4.78 is 7.38. The Kier molecular flexibility index (Phi) is 5.95. The second-order valence-electron chi connectivity index (χ2n) is 4.08. The fourth-order valence-corrected chi connectivity index (χ4v) is 2.17. The molecule has 2 unspecified atom stereocenters. The van der Waals surface area contributed by atoms with E-state index in [0.717, 1.165) is 25.2 Å². The molecule has 1 aromatic heterocycles. The standard InChI is InChI=1S/C12H22ClN3O/c1-5-7-16-12(10(13)8-15-16)11(14-6-2)9(3)17-4/h8-9,11,14H,5-7H2,1-4H3. The Morgan fingerprint density at radius 1 is 1.53 bits per heavy atom. The summed E-state index contributed by atoms with van der Waals surface area (Å²) in [6.07, 6.45) is 2.80. The number of aryl methyl sites for hydroxylation is 1. The quantitative estimate of drug-likeness (QED) is 0.818. The van der Waals surface area contributed by atoms with Gasteiger partial charge in [0.2, 0.25) is 0 Å². The summed E-state index contributed by atoms with van der Waals surface area (Å²) in [5, 5.41) is 8.42. The highest BCUT2D eigenvalue weighted by Crippen LogP contribution is 2.26. The maximum absolute atomic E-state index is 6.23. The highest BCUT2D eigenvalue weighted by molar-refractivity contribution is 6.31. The van der Waals surface area contributed by atoms with Gasteiger partial charge in [0.25, 0.3) is 0 Å². The summed E-state index contributed by atoms with van der Waals surface area (Å²) >= 11 is 6.23. The third-order valence-electron chi connectivity index (χ3n) is 2.83. The molecule has 0 saturated carbocycles. The van der Waals surface area contributed by atoms with Crippen LogP contribution in [0.4, 0.5) is 0 Å². The minimum atomic E-state index is 0.0553. The van der Waals surface area contributed by atoms with Crippen molar-refractivity contribution in [1.82, 2.24) is 15.1 Å². The van der Waals surface area contributed by atoms with Gasteiger partial charge in [-0.1, -0.05) is 25.4 Å². The SMILES string of the molecule is CCCn1ncc(Cl)c1C(NCC)C(C)OC. The molecule has 1 heterocycles. The molecule has 0 amide bonds. The van der Waals surface area contributed by atoms with Gasteiger partial charge >= 0.3 is 0 Å². The van der Waals surface area contributed by atoms with Crippen LogP contribution in [-0.4, -0.2) is 29.5 Å². The molecule has 0 saturated heterocycles. The van der Waals surface area contributed by atoms with Gasteiger partial charge in [0, 0.05) is 13.7 Å². The third-order valence-corrected chi connectivity index (χ3v) is 3.12. The maximum atomic E-state index is 6.23. The molecule has 0 bridgehead atoms. The van der Waals surface area contributed by atoms with E-state index in [9.17, 15) is 0 Å². The van der Waals surface area contributed by atoms with Crippen molar-refractivity contribution in [2.24, 2.45) is 0 Å². The lowest BCUT2D eigenvalue weighted by atomic mass is 10.1. The van der Waals surface area contributed by atoms with Gasteiger partial charge in [0.1, 0.15) is 0 Å². The molecule has 0 aliphatic heterocycles. The van der Waals surface area contributed by atoms with Gasteiger partial charge in [-0.25, -0.2) is 0 Å². The Bertz CT molecular complexity index is 340. The minimum Gasteiger partial charge on any atom is -0.380 e. The van der Waals surface area contributed by atoms with Crippen LogP contribution in [0, 0.1) is 0 Å². The molecule has 98 valence electrons. The Morgan fingerprint density at radius 2 is 2.24 bits per heavy atom. The molecular weight excluding hydrogens is 238 g/mol. The zero-order valence-corrected chi connectivity index (χ0v) is 11.8. The second-order valence-corrected chi connectivity index (χ2v) is 4.48. The number of rotatable bonds is 7. The molecule has 0 fully saturated rings. The van der Waals surface area contributed by atoms with E-state index < -0.39 is 0 Å². The fraction of sp³-hybridized carbons (Fsp3) is 0.750. The summed E-state index contributed by atoms with van der Waals surface area (Å²) in [5.41, 5.74) is 1.02. The van der Waals surface area contributed by atoms with Gasteiger partial charge in [0.05, 0.1) is 29.1 Å². The molecule has 5 heteroatoms. The van der Waals surface area contributed by atoms with Gasteiger partial charge in [-0.3, -0.25) is 4.68 Å². The molecule has 2 atom stereocenters. The van der Waals surface area contributed by atoms with Crippen LogP contribution in [0.2, 0.25) is 5.02 Å². The number of hydrogen-bond acceptors (Lipinski definition) is 3. The van der Waals surface area contributed by atoms with E-state index in [1.165, 1.54) is 0 Å². The molecule has 1 rings (SSSR count). The summed E-state index contributed by atoms with van der Waals surface area (Å²) in [5.74, 6) is 0. The number of hydrogen-bond donors (Lipinski definition) is 1. The van der Waals surface area contributed by atoms with Crippen molar-refractivity contribution in [1.29, 1.82) is 0 Å². The molecule has 17 heavy (non-hydrogen) atoms. The van der Waals surface area contributed by atoms with Crippen LogP contribution in [0.1, 0.15) is 38.9 Å².